The van der Waals surface area contributed by atoms with Crippen LogP contribution in [0.5, 0.6) is 11.5 Å². The molecule has 1 amide bonds. The molecule has 4 rings (SSSR count). The minimum Gasteiger partial charge on any atom is -0.508 e. The number of ether oxygens (including phenoxy) is 1. The van der Waals surface area contributed by atoms with Crippen LogP contribution in [-0.2, 0) is 4.79 Å². The van der Waals surface area contributed by atoms with Crippen LogP contribution in [0.3, 0.4) is 0 Å². The van der Waals surface area contributed by atoms with Crippen molar-refractivity contribution >= 4 is 56.9 Å². The van der Waals surface area contributed by atoms with Crippen molar-refractivity contribution < 1.29 is 14.6 Å². The number of anilines is 1. The lowest BCUT2D eigenvalue weighted by molar-refractivity contribution is -0.113. The number of aromatic nitrogens is 1. The number of para-hydroxylation sites is 1. The van der Waals surface area contributed by atoms with E-state index in [1.165, 1.54) is 22.7 Å². The number of amides is 1. The van der Waals surface area contributed by atoms with Crippen LogP contribution in [0.2, 0.25) is 0 Å². The van der Waals surface area contributed by atoms with Gasteiger partial charge in [-0.2, -0.15) is 0 Å². The average molecular weight is 394 g/mol. The Balaban J connectivity index is 1.71. The molecule has 0 saturated carbocycles. The van der Waals surface area contributed by atoms with E-state index in [0.717, 1.165) is 10.9 Å². The number of fused-ring (bicyclic) bond motifs is 1. The lowest BCUT2D eigenvalue weighted by Gasteiger charge is -2.14. The van der Waals surface area contributed by atoms with Gasteiger partial charge in [-0.05, 0) is 30.3 Å². The highest BCUT2D eigenvalue weighted by molar-refractivity contribution is 8.27. The average Bonchev–Trinajstić information content (AvgIpc) is 2.94. The molecule has 3 aromatic rings. The Labute approximate surface area is 165 Å². The van der Waals surface area contributed by atoms with E-state index in [0.29, 0.717) is 26.4 Å². The number of pyridine rings is 1. The van der Waals surface area contributed by atoms with Gasteiger partial charge in [0.2, 0.25) is 0 Å². The molecular formula is C20H14N2O3S2. The number of thioether (sulfide) groups is 1. The Morgan fingerprint density at radius 3 is 2.78 bits per heavy atom. The lowest BCUT2D eigenvalue weighted by atomic mass is 10.2. The Kier molecular flexibility index (Phi) is 4.55. The molecule has 27 heavy (non-hydrogen) atoms. The van der Waals surface area contributed by atoms with Crippen LogP contribution in [-0.4, -0.2) is 27.4 Å². The highest BCUT2D eigenvalue weighted by Crippen LogP contribution is 2.37. The third-order valence-electron chi connectivity index (χ3n) is 4.09. The summed E-state index contributed by atoms with van der Waals surface area (Å²) < 4.78 is 5.78. The summed E-state index contributed by atoms with van der Waals surface area (Å²) in [4.78, 5) is 19.3. The van der Waals surface area contributed by atoms with Crippen molar-refractivity contribution in [2.75, 3.05) is 12.0 Å². The summed E-state index contributed by atoms with van der Waals surface area (Å²) in [6, 6.07) is 15.9. The smallest absolute Gasteiger partial charge is 0.270 e. The molecule has 1 aliphatic heterocycles. The molecule has 0 spiro atoms. The number of hydrogen-bond donors (Lipinski definition) is 1. The second-order valence-electron chi connectivity index (χ2n) is 5.81. The van der Waals surface area contributed by atoms with E-state index in [9.17, 15) is 9.90 Å². The quantitative estimate of drug-likeness (QED) is 0.526. The first-order valence-corrected chi connectivity index (χ1v) is 9.30. The minimum absolute atomic E-state index is 0.0776. The molecule has 2 heterocycles. The molecule has 134 valence electrons. The molecule has 0 atom stereocenters. The van der Waals surface area contributed by atoms with Crippen LogP contribution >= 0.6 is 24.0 Å². The van der Waals surface area contributed by atoms with E-state index in [2.05, 4.69) is 4.98 Å². The standard InChI is InChI=1S/C20H14N2O3S2/c1-25-16-7-2-4-12-8-9-13(21-18(12)16)10-17-19(24)22(20(26)27-17)14-5-3-6-15(23)11-14/h2-11,23H,1H3/b17-10+. The first kappa shape index (κ1) is 17.5. The molecule has 5 nitrogen and oxygen atoms in total. The maximum absolute atomic E-state index is 12.8. The van der Waals surface area contributed by atoms with Crippen LogP contribution in [0.15, 0.2) is 59.5 Å². The monoisotopic (exact) mass is 394 g/mol. The van der Waals surface area contributed by atoms with E-state index in [1.807, 2.05) is 30.3 Å². The van der Waals surface area contributed by atoms with Crippen molar-refractivity contribution in [3.05, 3.63) is 65.2 Å². The predicted octanol–water partition coefficient (Wildman–Crippen LogP) is 4.35. The van der Waals surface area contributed by atoms with Gasteiger partial charge < -0.3 is 9.84 Å². The second-order valence-corrected chi connectivity index (χ2v) is 7.48. The maximum atomic E-state index is 12.8. The van der Waals surface area contributed by atoms with Crippen molar-refractivity contribution in [2.45, 2.75) is 0 Å². The summed E-state index contributed by atoms with van der Waals surface area (Å²) in [7, 11) is 1.60. The Bertz CT molecular complexity index is 1110. The highest BCUT2D eigenvalue weighted by atomic mass is 32.2. The molecule has 1 N–H and O–H groups in total. The van der Waals surface area contributed by atoms with E-state index >= 15 is 0 Å². The summed E-state index contributed by atoms with van der Waals surface area (Å²) in [5, 5.41) is 10.6. The fourth-order valence-corrected chi connectivity index (χ4v) is 4.12. The van der Waals surface area contributed by atoms with Gasteiger partial charge >= 0.3 is 0 Å². The maximum Gasteiger partial charge on any atom is 0.270 e. The largest absolute Gasteiger partial charge is 0.508 e. The van der Waals surface area contributed by atoms with Crippen molar-refractivity contribution in [3.8, 4) is 11.5 Å². The van der Waals surface area contributed by atoms with Gasteiger partial charge in [0.15, 0.2) is 4.32 Å². The van der Waals surface area contributed by atoms with Crippen molar-refractivity contribution in [2.24, 2.45) is 0 Å². The number of carbonyl (C=O) groups is 1. The molecule has 1 aliphatic rings. The predicted molar refractivity (Wildman–Crippen MR) is 112 cm³/mol. The van der Waals surface area contributed by atoms with Crippen LogP contribution < -0.4 is 9.64 Å². The van der Waals surface area contributed by atoms with E-state index in [1.54, 1.807) is 31.4 Å². The zero-order chi connectivity index (χ0) is 19.0. The molecule has 1 saturated heterocycles. The van der Waals surface area contributed by atoms with Crippen molar-refractivity contribution in [3.63, 3.8) is 0 Å². The first-order valence-electron chi connectivity index (χ1n) is 8.07. The lowest BCUT2D eigenvalue weighted by Crippen LogP contribution is -2.27. The molecule has 0 radical (unpaired) electrons. The van der Waals surface area contributed by atoms with Gasteiger partial charge in [-0.3, -0.25) is 9.69 Å². The molecule has 0 bridgehead atoms. The van der Waals surface area contributed by atoms with E-state index < -0.39 is 0 Å². The second kappa shape index (κ2) is 7.02. The Hall–Kier alpha value is -2.90. The third-order valence-corrected chi connectivity index (χ3v) is 5.39. The number of nitrogens with zero attached hydrogens (tertiary/aromatic N) is 2. The van der Waals surface area contributed by atoms with E-state index in [4.69, 9.17) is 17.0 Å². The number of carbonyl (C=O) groups excluding carboxylic acids is 1. The number of rotatable bonds is 3. The minimum atomic E-state index is -0.238. The fourth-order valence-electron chi connectivity index (χ4n) is 2.84. The Morgan fingerprint density at radius 1 is 1.19 bits per heavy atom. The topological polar surface area (TPSA) is 62.7 Å². The summed E-state index contributed by atoms with van der Waals surface area (Å²) in [5.41, 5.74) is 1.91. The van der Waals surface area contributed by atoms with Gasteiger partial charge in [0.1, 0.15) is 17.0 Å². The SMILES string of the molecule is COc1cccc2ccc(/C=C3/SC(=S)N(c4cccc(O)c4)C3=O)nc12. The number of hydrogen-bond acceptors (Lipinski definition) is 6. The van der Waals surface area contributed by atoms with Crippen LogP contribution in [0.4, 0.5) is 5.69 Å². The highest BCUT2D eigenvalue weighted by Gasteiger charge is 2.33. The summed E-state index contributed by atoms with van der Waals surface area (Å²) in [5.74, 6) is 0.515. The molecule has 0 aliphatic carbocycles. The van der Waals surface area contributed by atoms with Gasteiger partial charge in [-0.1, -0.05) is 48.2 Å². The summed E-state index contributed by atoms with van der Waals surface area (Å²) in [6.07, 6.45) is 1.72. The van der Waals surface area contributed by atoms with Crippen molar-refractivity contribution in [1.82, 2.24) is 4.98 Å². The van der Waals surface area contributed by atoms with Crippen LogP contribution in [0.25, 0.3) is 17.0 Å². The number of phenolic OH excluding ortho intramolecular Hbond substituents is 1. The van der Waals surface area contributed by atoms with Crippen LogP contribution in [0, 0.1) is 0 Å². The molecule has 1 aromatic heterocycles. The normalized spacial score (nSPS) is 15.7. The molecule has 1 fully saturated rings. The van der Waals surface area contributed by atoms with Gasteiger partial charge in [-0.25, -0.2) is 4.98 Å². The molecule has 7 heteroatoms. The van der Waals surface area contributed by atoms with E-state index in [-0.39, 0.29) is 11.7 Å². The summed E-state index contributed by atoms with van der Waals surface area (Å²) in [6.45, 7) is 0. The fraction of sp³-hybridized carbons (Fsp3) is 0.0500. The van der Waals surface area contributed by atoms with Gasteiger partial charge in [0.25, 0.3) is 5.91 Å². The third kappa shape index (κ3) is 3.27. The first-order chi connectivity index (χ1) is 13.1. The number of methoxy groups -OCH3 is 1. The molecule has 0 unspecified atom stereocenters. The van der Waals surface area contributed by atoms with Gasteiger partial charge in [-0.15, -0.1) is 0 Å². The zero-order valence-corrected chi connectivity index (χ0v) is 15.9. The Morgan fingerprint density at radius 2 is 2.00 bits per heavy atom. The number of aromatic hydroxyl groups is 1. The summed E-state index contributed by atoms with van der Waals surface area (Å²) >= 11 is 6.57. The van der Waals surface area contributed by atoms with Crippen LogP contribution in [0.1, 0.15) is 5.69 Å². The zero-order valence-electron chi connectivity index (χ0n) is 14.2. The molecule has 2 aromatic carbocycles. The molecular weight excluding hydrogens is 380 g/mol. The van der Waals surface area contributed by atoms with Gasteiger partial charge in [0.05, 0.1) is 23.4 Å². The van der Waals surface area contributed by atoms with Gasteiger partial charge in [0, 0.05) is 11.5 Å². The number of thiocarbonyl (C=S) groups is 1. The van der Waals surface area contributed by atoms with Crippen molar-refractivity contribution in [1.29, 1.82) is 0 Å². The number of benzene rings is 2. The number of phenols is 1.